The highest BCUT2D eigenvalue weighted by atomic mass is 16.3. The molecule has 41 heavy (non-hydrogen) atoms. The average Bonchev–Trinajstić information content (AvgIpc) is 2.99. The first-order chi connectivity index (χ1) is 19.9. The largest absolute Gasteiger partial charge is 0.393 e. The number of pyridine rings is 2. The summed E-state index contributed by atoms with van der Waals surface area (Å²) in [5, 5.41) is 19.6. The first-order valence-electron chi connectivity index (χ1n) is 13.8. The van der Waals surface area contributed by atoms with Gasteiger partial charge < -0.3 is 21.1 Å². The van der Waals surface area contributed by atoms with Crippen LogP contribution < -0.4 is 16.0 Å². The highest BCUT2D eigenvalue weighted by Crippen LogP contribution is 2.29. The molecule has 0 atom stereocenters. The van der Waals surface area contributed by atoms with Gasteiger partial charge in [-0.25, -0.2) is 9.97 Å². The molecular weight excluding hydrogens is 514 g/mol. The summed E-state index contributed by atoms with van der Waals surface area (Å²) in [6.07, 6.45) is 8.25. The molecule has 4 N–H and O–H groups in total. The van der Waals surface area contributed by atoms with Crippen molar-refractivity contribution < 1.29 is 9.90 Å². The van der Waals surface area contributed by atoms with Crippen molar-refractivity contribution in [1.82, 2.24) is 19.9 Å². The smallest absolute Gasteiger partial charge is 0.229 e. The third-order valence-corrected chi connectivity index (χ3v) is 6.79. The minimum atomic E-state index is -0.225. The van der Waals surface area contributed by atoms with Gasteiger partial charge in [-0.05, 0) is 80.1 Å². The number of aliphatic hydroxyl groups excluding tert-OH is 1. The Balaban J connectivity index is 1.29. The molecule has 9 heteroatoms. The van der Waals surface area contributed by atoms with Crippen LogP contribution in [0, 0.1) is 17.8 Å². The van der Waals surface area contributed by atoms with Crippen molar-refractivity contribution in [2.45, 2.75) is 51.7 Å². The van der Waals surface area contributed by atoms with Crippen molar-refractivity contribution in [2.24, 2.45) is 5.92 Å². The summed E-state index contributed by atoms with van der Waals surface area (Å²) < 4.78 is 0. The normalized spacial score (nSPS) is 16.4. The summed E-state index contributed by atoms with van der Waals surface area (Å²) in [5.41, 5.74) is 4.51. The van der Waals surface area contributed by atoms with Crippen LogP contribution in [0.5, 0.6) is 0 Å². The van der Waals surface area contributed by atoms with Crippen molar-refractivity contribution in [3.05, 3.63) is 84.4 Å². The Morgan fingerprint density at radius 3 is 2.46 bits per heavy atom. The predicted molar refractivity (Wildman–Crippen MR) is 161 cm³/mol. The average molecular weight is 548 g/mol. The first-order valence-corrected chi connectivity index (χ1v) is 13.8. The highest BCUT2D eigenvalue weighted by Gasteiger charge is 2.21. The molecule has 1 aliphatic carbocycles. The molecule has 1 aromatic carbocycles. The number of hydrogen-bond acceptors (Lipinski definition) is 8. The first kappa shape index (κ1) is 27.7. The molecule has 0 radical (unpaired) electrons. The van der Waals surface area contributed by atoms with E-state index >= 15 is 0 Å². The molecule has 208 valence electrons. The lowest BCUT2D eigenvalue weighted by molar-refractivity contribution is -0.118. The van der Waals surface area contributed by atoms with Crippen LogP contribution in [-0.2, 0) is 4.79 Å². The van der Waals surface area contributed by atoms with Gasteiger partial charge in [-0.3, -0.25) is 9.78 Å². The fourth-order valence-corrected chi connectivity index (χ4v) is 4.44. The maximum atomic E-state index is 12.0. The van der Waals surface area contributed by atoms with Crippen LogP contribution in [-0.4, -0.2) is 43.1 Å². The minimum absolute atomic E-state index is 0.0507. The van der Waals surface area contributed by atoms with E-state index < -0.39 is 0 Å². The number of benzene rings is 1. The molecule has 3 heterocycles. The van der Waals surface area contributed by atoms with Gasteiger partial charge in [0.1, 0.15) is 11.5 Å². The van der Waals surface area contributed by atoms with E-state index in [-0.39, 0.29) is 24.0 Å². The number of carbonyl (C=O) groups is 1. The molecular formula is C32H33N7O2. The lowest BCUT2D eigenvalue weighted by atomic mass is 9.93. The van der Waals surface area contributed by atoms with E-state index in [2.05, 4.69) is 42.7 Å². The van der Waals surface area contributed by atoms with Gasteiger partial charge >= 0.3 is 0 Å². The Hall–Kier alpha value is -4.81. The number of amides is 1. The third kappa shape index (κ3) is 7.65. The number of carbonyl (C=O) groups excluding carboxylic acids is 1. The van der Waals surface area contributed by atoms with Crippen LogP contribution in [0.2, 0.25) is 0 Å². The van der Waals surface area contributed by atoms with Gasteiger partial charge in [-0.1, -0.05) is 25.8 Å². The summed E-state index contributed by atoms with van der Waals surface area (Å²) >= 11 is 0. The molecule has 0 aliphatic heterocycles. The van der Waals surface area contributed by atoms with Crippen molar-refractivity contribution in [2.75, 3.05) is 16.0 Å². The molecule has 9 nitrogen and oxygen atoms in total. The van der Waals surface area contributed by atoms with Crippen molar-refractivity contribution in [3.8, 4) is 23.1 Å². The van der Waals surface area contributed by atoms with Crippen LogP contribution in [0.15, 0.2) is 73.2 Å². The van der Waals surface area contributed by atoms with Gasteiger partial charge in [-0.2, -0.15) is 4.98 Å². The topological polar surface area (TPSA) is 125 Å². The van der Waals surface area contributed by atoms with E-state index in [0.717, 1.165) is 48.2 Å². The number of rotatable bonds is 7. The number of nitrogens with zero attached hydrogens (tertiary/aromatic N) is 4. The number of aliphatic hydroxyl groups is 1. The summed E-state index contributed by atoms with van der Waals surface area (Å²) in [6.45, 7) is 3.69. The number of hydrogen-bond donors (Lipinski definition) is 4. The molecule has 0 unspecified atom stereocenters. The Morgan fingerprint density at radius 1 is 0.927 bits per heavy atom. The molecule has 5 rings (SSSR count). The molecule has 3 aromatic heterocycles. The van der Waals surface area contributed by atoms with Gasteiger partial charge in [-0.15, -0.1) is 0 Å². The Bertz CT molecular complexity index is 1540. The van der Waals surface area contributed by atoms with E-state index in [9.17, 15) is 9.90 Å². The summed E-state index contributed by atoms with van der Waals surface area (Å²) in [6, 6.07) is 17.2. The van der Waals surface area contributed by atoms with Crippen LogP contribution in [0.3, 0.4) is 0 Å². The Morgan fingerprint density at radius 2 is 1.73 bits per heavy atom. The van der Waals surface area contributed by atoms with Crippen LogP contribution in [0.25, 0.3) is 11.3 Å². The number of anilines is 4. The number of aromatic nitrogens is 4. The zero-order valence-corrected chi connectivity index (χ0v) is 23.1. The van der Waals surface area contributed by atoms with Crippen LogP contribution >= 0.6 is 0 Å². The molecule has 1 aliphatic rings. The molecule has 1 saturated carbocycles. The molecule has 0 spiro atoms. The zero-order valence-electron chi connectivity index (χ0n) is 23.1. The van der Waals surface area contributed by atoms with Gasteiger partial charge in [0, 0.05) is 47.5 Å². The van der Waals surface area contributed by atoms with Gasteiger partial charge in [0.05, 0.1) is 17.4 Å². The lowest BCUT2D eigenvalue weighted by Gasteiger charge is -2.27. The Kier molecular flexibility index (Phi) is 8.82. The van der Waals surface area contributed by atoms with Gasteiger partial charge in [0.2, 0.25) is 11.9 Å². The lowest BCUT2D eigenvalue weighted by Crippen LogP contribution is -2.29. The third-order valence-electron chi connectivity index (χ3n) is 6.79. The quantitative estimate of drug-likeness (QED) is 0.227. The van der Waals surface area contributed by atoms with E-state index in [4.69, 9.17) is 4.98 Å². The second-order valence-corrected chi connectivity index (χ2v) is 10.3. The SMILES string of the molecule is CC(C)C(=O)Nc1ccnc(C#Cc2ccc(Nc3ncc(-c4ccccn4)c(NC4CCC(O)CC4)n3)cc2)c1. The number of nitrogens with one attached hydrogen (secondary N) is 3. The van der Waals surface area contributed by atoms with E-state index in [1.54, 1.807) is 30.7 Å². The maximum absolute atomic E-state index is 12.0. The second kappa shape index (κ2) is 13.0. The molecule has 1 amide bonds. The summed E-state index contributed by atoms with van der Waals surface area (Å²) in [4.78, 5) is 30.1. The van der Waals surface area contributed by atoms with E-state index in [1.807, 2.05) is 56.3 Å². The van der Waals surface area contributed by atoms with E-state index in [0.29, 0.717) is 23.1 Å². The molecule has 1 fully saturated rings. The molecule has 4 aromatic rings. The fourth-order valence-electron chi connectivity index (χ4n) is 4.44. The molecule has 0 bridgehead atoms. The van der Waals surface area contributed by atoms with Crippen molar-refractivity contribution >= 4 is 29.0 Å². The van der Waals surface area contributed by atoms with Crippen LogP contribution in [0.1, 0.15) is 50.8 Å². The van der Waals surface area contributed by atoms with Crippen molar-refractivity contribution in [3.63, 3.8) is 0 Å². The second-order valence-electron chi connectivity index (χ2n) is 10.3. The standard InChI is InChI=1S/C32H33N7O2/c1-21(2)31(41)37-26-16-18-33-25(19-26)11-8-22-6-9-24(10-7-22)38-32-35-20-28(29-5-3-4-17-34-29)30(39-32)36-23-12-14-27(40)15-13-23/h3-7,9-10,16-21,23,27,40H,12-15H2,1-2H3,(H,33,37,41)(H2,35,36,38,39). The van der Waals surface area contributed by atoms with Crippen molar-refractivity contribution in [1.29, 1.82) is 0 Å². The summed E-state index contributed by atoms with van der Waals surface area (Å²) in [5.74, 6) is 7.19. The highest BCUT2D eigenvalue weighted by molar-refractivity contribution is 5.92. The summed E-state index contributed by atoms with van der Waals surface area (Å²) in [7, 11) is 0. The van der Waals surface area contributed by atoms with Gasteiger partial charge in [0.15, 0.2) is 0 Å². The minimum Gasteiger partial charge on any atom is -0.393 e. The zero-order chi connectivity index (χ0) is 28.6. The Labute approximate surface area is 239 Å². The van der Waals surface area contributed by atoms with Crippen LogP contribution in [0.4, 0.5) is 23.1 Å². The molecule has 0 saturated heterocycles. The predicted octanol–water partition coefficient (Wildman–Crippen LogP) is 5.39. The monoisotopic (exact) mass is 547 g/mol. The van der Waals surface area contributed by atoms with E-state index in [1.165, 1.54) is 0 Å². The maximum Gasteiger partial charge on any atom is 0.229 e. The van der Waals surface area contributed by atoms with Gasteiger partial charge in [0.25, 0.3) is 0 Å². The fraction of sp³-hybridized carbons (Fsp3) is 0.281.